The summed E-state index contributed by atoms with van der Waals surface area (Å²) in [6.07, 6.45) is 0. The summed E-state index contributed by atoms with van der Waals surface area (Å²) in [5.74, 6) is -0.220. The molecule has 0 unspecified atom stereocenters. The van der Waals surface area contributed by atoms with Crippen LogP contribution in [0.1, 0.15) is 29.8 Å². The highest BCUT2D eigenvalue weighted by Crippen LogP contribution is 2.18. The van der Waals surface area contributed by atoms with Gasteiger partial charge in [0.1, 0.15) is 0 Å². The zero-order valence-electron chi connectivity index (χ0n) is 11.4. The van der Waals surface area contributed by atoms with Gasteiger partial charge in [0.05, 0.1) is 4.92 Å². The van der Waals surface area contributed by atoms with Gasteiger partial charge in [0.25, 0.3) is 11.6 Å². The minimum Gasteiger partial charge on any atom is -0.350 e. The fraction of sp³-hybridized carbons (Fsp3) is 0.462. The Hall–Kier alpha value is -1.95. The first-order valence-corrected chi connectivity index (χ1v) is 6.22. The lowest BCUT2D eigenvalue weighted by atomic mass is 10.1. The van der Waals surface area contributed by atoms with E-state index in [-0.39, 0.29) is 17.6 Å². The molecule has 0 aromatic heterocycles. The van der Waals surface area contributed by atoms with Crippen LogP contribution in [0.2, 0.25) is 0 Å². The number of nitrogens with one attached hydrogen (secondary N) is 2. The standard InChI is InChI=1S/C13H19N3O3/c1-4-14-10(3)8-15-13(17)11-5-6-12(16(18)19)9(2)7-11/h5-7,10,14H,4,8H2,1-3H3,(H,15,17)/t10-/m1/s1. The van der Waals surface area contributed by atoms with Gasteiger partial charge < -0.3 is 10.6 Å². The first kappa shape index (κ1) is 15.1. The van der Waals surface area contributed by atoms with Crippen LogP contribution in [0.25, 0.3) is 0 Å². The molecule has 0 heterocycles. The lowest BCUT2D eigenvalue weighted by molar-refractivity contribution is -0.385. The topological polar surface area (TPSA) is 84.3 Å². The summed E-state index contributed by atoms with van der Waals surface area (Å²) in [5.41, 5.74) is 0.946. The molecule has 0 radical (unpaired) electrons. The van der Waals surface area contributed by atoms with Crippen LogP contribution < -0.4 is 10.6 Å². The van der Waals surface area contributed by atoms with E-state index in [9.17, 15) is 14.9 Å². The van der Waals surface area contributed by atoms with E-state index in [0.29, 0.717) is 17.7 Å². The van der Waals surface area contributed by atoms with Gasteiger partial charge in [0.2, 0.25) is 0 Å². The van der Waals surface area contributed by atoms with Gasteiger partial charge in [0, 0.05) is 29.8 Å². The maximum Gasteiger partial charge on any atom is 0.272 e. The number of carbonyl (C=O) groups is 1. The molecule has 0 aliphatic rings. The van der Waals surface area contributed by atoms with E-state index in [1.807, 2.05) is 13.8 Å². The van der Waals surface area contributed by atoms with Gasteiger partial charge in [-0.05, 0) is 32.5 Å². The molecule has 0 fully saturated rings. The van der Waals surface area contributed by atoms with Crippen molar-refractivity contribution in [3.05, 3.63) is 39.4 Å². The third kappa shape index (κ3) is 4.33. The Kier molecular flexibility index (Phi) is 5.44. The molecule has 104 valence electrons. The van der Waals surface area contributed by atoms with Crippen molar-refractivity contribution in [1.29, 1.82) is 0 Å². The quantitative estimate of drug-likeness (QED) is 0.605. The van der Waals surface area contributed by atoms with E-state index in [4.69, 9.17) is 0 Å². The fourth-order valence-electron chi connectivity index (χ4n) is 1.77. The van der Waals surface area contributed by atoms with E-state index in [1.165, 1.54) is 18.2 Å². The van der Waals surface area contributed by atoms with E-state index in [2.05, 4.69) is 10.6 Å². The Bertz CT molecular complexity index is 474. The van der Waals surface area contributed by atoms with Crippen molar-refractivity contribution >= 4 is 11.6 Å². The molecule has 19 heavy (non-hydrogen) atoms. The molecule has 0 saturated heterocycles. The Balaban J connectivity index is 2.68. The van der Waals surface area contributed by atoms with Crippen molar-refractivity contribution in [2.75, 3.05) is 13.1 Å². The normalized spacial score (nSPS) is 11.9. The van der Waals surface area contributed by atoms with Gasteiger partial charge in [-0.2, -0.15) is 0 Å². The van der Waals surface area contributed by atoms with Crippen molar-refractivity contribution in [3.63, 3.8) is 0 Å². The van der Waals surface area contributed by atoms with Crippen molar-refractivity contribution in [1.82, 2.24) is 10.6 Å². The lowest BCUT2D eigenvalue weighted by Crippen LogP contribution is -2.38. The molecule has 6 heteroatoms. The predicted octanol–water partition coefficient (Wildman–Crippen LogP) is 1.63. The van der Waals surface area contributed by atoms with Crippen LogP contribution in [-0.4, -0.2) is 30.0 Å². The number of amides is 1. The number of hydrogen-bond donors (Lipinski definition) is 2. The number of carbonyl (C=O) groups excluding carboxylic acids is 1. The van der Waals surface area contributed by atoms with Crippen LogP contribution in [0.4, 0.5) is 5.69 Å². The molecule has 1 aromatic carbocycles. The summed E-state index contributed by atoms with van der Waals surface area (Å²) in [4.78, 5) is 22.1. The number of benzene rings is 1. The lowest BCUT2D eigenvalue weighted by Gasteiger charge is -2.13. The Labute approximate surface area is 112 Å². The first-order valence-electron chi connectivity index (χ1n) is 6.22. The Morgan fingerprint density at radius 2 is 2.16 bits per heavy atom. The largest absolute Gasteiger partial charge is 0.350 e. The number of hydrogen-bond acceptors (Lipinski definition) is 4. The van der Waals surface area contributed by atoms with E-state index in [1.54, 1.807) is 6.92 Å². The number of likely N-dealkylation sites (N-methyl/N-ethyl adjacent to an activating group) is 1. The van der Waals surface area contributed by atoms with Gasteiger partial charge in [0.15, 0.2) is 0 Å². The highest BCUT2D eigenvalue weighted by molar-refractivity contribution is 5.94. The average Bonchev–Trinajstić information content (AvgIpc) is 2.35. The summed E-state index contributed by atoms with van der Waals surface area (Å²) >= 11 is 0. The van der Waals surface area contributed by atoms with Gasteiger partial charge in [-0.3, -0.25) is 14.9 Å². The molecular formula is C13H19N3O3. The van der Waals surface area contributed by atoms with Crippen molar-refractivity contribution in [2.45, 2.75) is 26.8 Å². The van der Waals surface area contributed by atoms with Crippen molar-refractivity contribution in [2.24, 2.45) is 0 Å². The van der Waals surface area contributed by atoms with Gasteiger partial charge in [-0.25, -0.2) is 0 Å². The Morgan fingerprint density at radius 1 is 1.47 bits per heavy atom. The second kappa shape index (κ2) is 6.84. The van der Waals surface area contributed by atoms with Crippen LogP contribution >= 0.6 is 0 Å². The van der Waals surface area contributed by atoms with Crippen LogP contribution in [-0.2, 0) is 0 Å². The highest BCUT2D eigenvalue weighted by Gasteiger charge is 2.13. The second-order valence-corrected chi connectivity index (χ2v) is 4.43. The molecular weight excluding hydrogens is 246 g/mol. The monoisotopic (exact) mass is 265 g/mol. The third-order valence-corrected chi connectivity index (χ3v) is 2.78. The smallest absolute Gasteiger partial charge is 0.272 e. The van der Waals surface area contributed by atoms with Crippen molar-refractivity contribution in [3.8, 4) is 0 Å². The maximum absolute atomic E-state index is 11.9. The van der Waals surface area contributed by atoms with E-state index in [0.717, 1.165) is 6.54 Å². The zero-order chi connectivity index (χ0) is 14.4. The minimum absolute atomic E-state index is 0.0255. The molecule has 0 aliphatic heterocycles. The molecule has 1 amide bonds. The number of rotatable bonds is 6. The number of aryl methyl sites for hydroxylation is 1. The summed E-state index contributed by atoms with van der Waals surface area (Å²) in [6, 6.07) is 4.55. The average molecular weight is 265 g/mol. The van der Waals surface area contributed by atoms with Crippen LogP contribution in [0.15, 0.2) is 18.2 Å². The number of nitro benzene ring substituents is 1. The molecule has 1 atom stereocenters. The van der Waals surface area contributed by atoms with Crippen LogP contribution in [0.5, 0.6) is 0 Å². The van der Waals surface area contributed by atoms with Crippen molar-refractivity contribution < 1.29 is 9.72 Å². The molecule has 0 spiro atoms. The molecule has 6 nitrogen and oxygen atoms in total. The molecule has 0 bridgehead atoms. The zero-order valence-corrected chi connectivity index (χ0v) is 11.4. The maximum atomic E-state index is 11.9. The van der Waals surface area contributed by atoms with E-state index < -0.39 is 4.92 Å². The molecule has 0 saturated carbocycles. The summed E-state index contributed by atoms with van der Waals surface area (Å²) < 4.78 is 0. The highest BCUT2D eigenvalue weighted by atomic mass is 16.6. The molecule has 2 N–H and O–H groups in total. The summed E-state index contributed by atoms with van der Waals surface area (Å²) in [7, 11) is 0. The second-order valence-electron chi connectivity index (χ2n) is 4.43. The predicted molar refractivity (Wildman–Crippen MR) is 73.3 cm³/mol. The van der Waals surface area contributed by atoms with Gasteiger partial charge in [-0.15, -0.1) is 0 Å². The number of nitrogens with zero attached hydrogens (tertiary/aromatic N) is 1. The fourth-order valence-corrected chi connectivity index (χ4v) is 1.77. The minimum atomic E-state index is -0.454. The molecule has 0 aliphatic carbocycles. The first-order chi connectivity index (χ1) is 8.95. The third-order valence-electron chi connectivity index (χ3n) is 2.78. The molecule has 1 rings (SSSR count). The summed E-state index contributed by atoms with van der Waals surface area (Å²) in [5, 5.41) is 16.7. The van der Waals surface area contributed by atoms with E-state index >= 15 is 0 Å². The van der Waals surface area contributed by atoms with Crippen LogP contribution in [0, 0.1) is 17.0 Å². The number of nitro groups is 1. The SMILES string of the molecule is CCN[C@H](C)CNC(=O)c1ccc([N+](=O)[O-])c(C)c1. The van der Waals surface area contributed by atoms with Crippen LogP contribution in [0.3, 0.4) is 0 Å². The van der Waals surface area contributed by atoms with Gasteiger partial charge in [-0.1, -0.05) is 6.92 Å². The Morgan fingerprint density at radius 3 is 2.68 bits per heavy atom. The van der Waals surface area contributed by atoms with Gasteiger partial charge >= 0.3 is 0 Å². The summed E-state index contributed by atoms with van der Waals surface area (Å²) in [6.45, 7) is 6.95. The molecule has 1 aromatic rings.